The molecule has 8 heteroatoms. The molecule has 3 aromatic rings. The fourth-order valence-electron chi connectivity index (χ4n) is 3.13. The van der Waals surface area contributed by atoms with Crippen molar-refractivity contribution in [2.75, 3.05) is 20.3 Å². The maximum Gasteiger partial charge on any atom is 0.232 e. The van der Waals surface area contributed by atoms with Crippen molar-refractivity contribution in [2.45, 2.75) is 13.0 Å². The summed E-state index contributed by atoms with van der Waals surface area (Å²) >= 11 is 6.44. The molecule has 1 atom stereocenters. The number of nitrogens with zero attached hydrogens (tertiary/aromatic N) is 2. The highest BCUT2D eigenvalue weighted by molar-refractivity contribution is 6.34. The Hall–Kier alpha value is -2.64. The molecule has 1 fully saturated rings. The number of rotatable bonds is 5. The third kappa shape index (κ3) is 3.74. The van der Waals surface area contributed by atoms with Crippen LogP contribution in [0.1, 0.15) is 12.1 Å². The van der Waals surface area contributed by atoms with Crippen LogP contribution in [0.5, 0.6) is 5.88 Å². The topological polar surface area (TPSA) is 89.1 Å². The SMILES string of the molecule is COc1cnc(-c2cc3[nH]c(CNC(=O)[C@H]4CCOC4)cc3cc2Cl)cn1. The number of ether oxygens (including phenoxy) is 2. The third-order valence-corrected chi connectivity index (χ3v) is 4.94. The molecular weight excluding hydrogens is 368 g/mol. The molecule has 0 saturated carbocycles. The van der Waals surface area contributed by atoms with Crippen molar-refractivity contribution in [1.82, 2.24) is 20.3 Å². The van der Waals surface area contributed by atoms with Crippen LogP contribution in [-0.2, 0) is 16.1 Å². The summed E-state index contributed by atoms with van der Waals surface area (Å²) in [7, 11) is 1.54. The predicted molar refractivity (Wildman–Crippen MR) is 102 cm³/mol. The number of methoxy groups -OCH3 is 1. The van der Waals surface area contributed by atoms with Gasteiger partial charge in [-0.3, -0.25) is 4.79 Å². The molecule has 27 heavy (non-hydrogen) atoms. The monoisotopic (exact) mass is 386 g/mol. The molecule has 0 unspecified atom stereocenters. The normalized spacial score (nSPS) is 16.6. The standard InChI is InChI=1S/C19H19ClN4O3/c1-26-18-9-21-17(8-22-18)14-6-16-12(5-15(14)20)4-13(24-16)7-23-19(25)11-2-3-27-10-11/h4-6,8-9,11,24H,2-3,7,10H2,1H3,(H,23,25)/t11-/m0/s1. The van der Waals surface area contributed by atoms with Crippen molar-refractivity contribution in [1.29, 1.82) is 0 Å². The van der Waals surface area contributed by atoms with Gasteiger partial charge in [-0.05, 0) is 24.6 Å². The first kappa shape index (κ1) is 17.8. The van der Waals surface area contributed by atoms with Gasteiger partial charge in [-0.2, -0.15) is 0 Å². The summed E-state index contributed by atoms with van der Waals surface area (Å²) in [4.78, 5) is 24.0. The summed E-state index contributed by atoms with van der Waals surface area (Å²) in [5.41, 5.74) is 3.26. The van der Waals surface area contributed by atoms with Crippen LogP contribution in [0.15, 0.2) is 30.6 Å². The Morgan fingerprint density at radius 3 is 2.96 bits per heavy atom. The molecule has 0 radical (unpaired) electrons. The van der Waals surface area contributed by atoms with E-state index in [-0.39, 0.29) is 11.8 Å². The second-order valence-electron chi connectivity index (χ2n) is 6.44. The van der Waals surface area contributed by atoms with Crippen LogP contribution in [-0.4, -0.2) is 41.2 Å². The van der Waals surface area contributed by atoms with Gasteiger partial charge in [0.1, 0.15) is 0 Å². The van der Waals surface area contributed by atoms with Crippen LogP contribution in [0.4, 0.5) is 0 Å². The van der Waals surface area contributed by atoms with Crippen LogP contribution < -0.4 is 10.1 Å². The average Bonchev–Trinajstić information content (AvgIpc) is 3.35. The molecule has 1 saturated heterocycles. The van der Waals surface area contributed by atoms with Crippen molar-refractivity contribution in [3.05, 3.63) is 41.3 Å². The molecule has 1 aliphatic heterocycles. The Morgan fingerprint density at radius 1 is 1.37 bits per heavy atom. The zero-order valence-corrected chi connectivity index (χ0v) is 15.5. The van der Waals surface area contributed by atoms with Crippen LogP contribution in [0.25, 0.3) is 22.2 Å². The first-order valence-electron chi connectivity index (χ1n) is 8.67. The minimum absolute atomic E-state index is 0.0263. The second-order valence-corrected chi connectivity index (χ2v) is 6.84. The van der Waals surface area contributed by atoms with Gasteiger partial charge < -0.3 is 19.8 Å². The lowest BCUT2D eigenvalue weighted by molar-refractivity contribution is -0.125. The Labute approximate surface area is 161 Å². The lowest BCUT2D eigenvalue weighted by Gasteiger charge is -2.08. The predicted octanol–water partition coefficient (Wildman–Crippen LogP) is 2.94. The lowest BCUT2D eigenvalue weighted by Crippen LogP contribution is -2.30. The average molecular weight is 387 g/mol. The molecule has 1 aromatic carbocycles. The molecule has 0 aliphatic carbocycles. The van der Waals surface area contributed by atoms with Gasteiger partial charge >= 0.3 is 0 Å². The fraction of sp³-hybridized carbons (Fsp3) is 0.316. The maximum atomic E-state index is 12.1. The second kappa shape index (κ2) is 7.54. The summed E-state index contributed by atoms with van der Waals surface area (Å²) < 4.78 is 10.3. The van der Waals surface area contributed by atoms with E-state index in [0.717, 1.165) is 28.6 Å². The number of amides is 1. The Kier molecular flexibility index (Phi) is 4.96. The number of nitrogens with one attached hydrogen (secondary N) is 2. The molecule has 1 amide bonds. The zero-order chi connectivity index (χ0) is 18.8. The highest BCUT2D eigenvalue weighted by Gasteiger charge is 2.23. The van der Waals surface area contributed by atoms with Crippen molar-refractivity contribution >= 4 is 28.4 Å². The quantitative estimate of drug-likeness (QED) is 0.703. The van der Waals surface area contributed by atoms with Crippen molar-refractivity contribution < 1.29 is 14.3 Å². The molecule has 0 bridgehead atoms. The molecule has 4 rings (SSSR count). The highest BCUT2D eigenvalue weighted by Crippen LogP contribution is 2.31. The van der Waals surface area contributed by atoms with E-state index in [4.69, 9.17) is 21.1 Å². The summed E-state index contributed by atoms with van der Waals surface area (Å²) in [5, 5.41) is 4.51. The van der Waals surface area contributed by atoms with E-state index in [1.807, 2.05) is 18.2 Å². The number of H-pyrrole nitrogens is 1. The van der Waals surface area contributed by atoms with Gasteiger partial charge in [-0.15, -0.1) is 0 Å². The maximum absolute atomic E-state index is 12.1. The van der Waals surface area contributed by atoms with Crippen molar-refractivity contribution in [3.63, 3.8) is 0 Å². The number of halogens is 1. The van der Waals surface area contributed by atoms with Crippen molar-refractivity contribution in [3.8, 4) is 17.1 Å². The smallest absolute Gasteiger partial charge is 0.232 e. The number of aromatic amines is 1. The Bertz CT molecular complexity index is 965. The number of hydrogen-bond acceptors (Lipinski definition) is 5. The van der Waals surface area contributed by atoms with E-state index in [1.54, 1.807) is 19.5 Å². The first-order valence-corrected chi connectivity index (χ1v) is 9.05. The lowest BCUT2D eigenvalue weighted by atomic mass is 10.1. The summed E-state index contributed by atoms with van der Waals surface area (Å²) in [6.07, 6.45) is 3.96. The van der Waals surface area contributed by atoms with Crippen LogP contribution >= 0.6 is 11.6 Å². The Morgan fingerprint density at radius 2 is 2.26 bits per heavy atom. The molecule has 3 heterocycles. The van der Waals surface area contributed by atoms with E-state index in [0.29, 0.717) is 36.4 Å². The molecule has 7 nitrogen and oxygen atoms in total. The molecule has 140 valence electrons. The van der Waals surface area contributed by atoms with E-state index in [1.165, 1.54) is 0 Å². The molecule has 0 spiro atoms. The van der Waals surface area contributed by atoms with Gasteiger partial charge in [0.05, 0.1) is 49.3 Å². The third-order valence-electron chi connectivity index (χ3n) is 4.63. The summed E-state index contributed by atoms with van der Waals surface area (Å²) in [6, 6.07) is 5.80. The van der Waals surface area contributed by atoms with Gasteiger partial charge in [-0.25, -0.2) is 9.97 Å². The van der Waals surface area contributed by atoms with Gasteiger partial charge in [0.2, 0.25) is 11.8 Å². The van der Waals surface area contributed by atoms with Crippen molar-refractivity contribution in [2.24, 2.45) is 5.92 Å². The highest BCUT2D eigenvalue weighted by atomic mass is 35.5. The number of benzene rings is 1. The van der Waals surface area contributed by atoms with Gasteiger partial charge in [0, 0.05) is 28.8 Å². The molecule has 2 aromatic heterocycles. The van der Waals surface area contributed by atoms with Crippen LogP contribution in [0.3, 0.4) is 0 Å². The number of aromatic nitrogens is 3. The summed E-state index contributed by atoms with van der Waals surface area (Å²) in [5.74, 6) is 0.420. The van der Waals surface area contributed by atoms with Gasteiger partial charge in [0.15, 0.2) is 0 Å². The van der Waals surface area contributed by atoms with E-state index in [2.05, 4.69) is 20.3 Å². The van der Waals surface area contributed by atoms with E-state index >= 15 is 0 Å². The minimum Gasteiger partial charge on any atom is -0.480 e. The van der Waals surface area contributed by atoms with Gasteiger partial charge in [0.25, 0.3) is 0 Å². The fourth-order valence-corrected chi connectivity index (χ4v) is 3.40. The minimum atomic E-state index is -0.0518. The molecule has 2 N–H and O–H groups in total. The van der Waals surface area contributed by atoms with Gasteiger partial charge in [-0.1, -0.05) is 11.6 Å². The molecular formula is C19H19ClN4O3. The largest absolute Gasteiger partial charge is 0.480 e. The van der Waals surface area contributed by atoms with Crippen LogP contribution in [0, 0.1) is 5.92 Å². The summed E-state index contributed by atoms with van der Waals surface area (Å²) in [6.45, 7) is 1.58. The first-order chi connectivity index (χ1) is 13.1. The number of carbonyl (C=O) groups is 1. The number of hydrogen-bond donors (Lipinski definition) is 2. The number of carbonyl (C=O) groups excluding carboxylic acids is 1. The van der Waals surface area contributed by atoms with E-state index < -0.39 is 0 Å². The zero-order valence-electron chi connectivity index (χ0n) is 14.8. The molecule has 1 aliphatic rings. The van der Waals surface area contributed by atoms with Crippen LogP contribution in [0.2, 0.25) is 5.02 Å². The van der Waals surface area contributed by atoms with E-state index in [9.17, 15) is 4.79 Å². The number of fused-ring (bicyclic) bond motifs is 1. The Balaban J connectivity index is 1.54.